The number of hydrogen-bond donors (Lipinski definition) is 1. The number of halogens is 1. The maximum Gasteiger partial charge on any atom is 0.343 e. The summed E-state index contributed by atoms with van der Waals surface area (Å²) in [6, 6.07) is 6.48. The fourth-order valence-corrected chi connectivity index (χ4v) is 1.26. The summed E-state index contributed by atoms with van der Waals surface area (Å²) in [5.41, 5.74) is 5.90. The zero-order valence-electron chi connectivity index (χ0n) is 8.03. The van der Waals surface area contributed by atoms with Gasteiger partial charge in [-0.05, 0) is 19.1 Å². The topological polar surface area (TPSA) is 76.1 Å². The molecule has 2 N–H and O–H groups in total. The van der Waals surface area contributed by atoms with Gasteiger partial charge in [-0.15, -0.1) is 0 Å². The van der Waals surface area contributed by atoms with Crippen molar-refractivity contribution in [3.63, 3.8) is 0 Å². The van der Waals surface area contributed by atoms with E-state index < -0.39 is 12.1 Å². The number of benzene rings is 1. The van der Waals surface area contributed by atoms with E-state index in [-0.39, 0.29) is 16.3 Å². The lowest BCUT2D eigenvalue weighted by atomic mass is 10.2. The van der Waals surface area contributed by atoms with E-state index in [4.69, 9.17) is 27.3 Å². The summed E-state index contributed by atoms with van der Waals surface area (Å²) in [7, 11) is 0. The van der Waals surface area contributed by atoms with Gasteiger partial charge >= 0.3 is 5.97 Å². The molecule has 0 saturated heterocycles. The number of nitriles is 1. The normalized spacial score (nSPS) is 11.5. The van der Waals surface area contributed by atoms with E-state index in [1.165, 1.54) is 13.0 Å². The van der Waals surface area contributed by atoms with Gasteiger partial charge in [0.25, 0.3) is 0 Å². The molecule has 0 amide bonds. The largest absolute Gasteiger partial charge is 0.444 e. The Bertz CT molecular complexity index is 406. The first-order chi connectivity index (χ1) is 7.06. The number of anilines is 1. The molecule has 1 aromatic carbocycles. The Morgan fingerprint density at radius 2 is 2.33 bits per heavy atom. The average molecular weight is 225 g/mol. The summed E-state index contributed by atoms with van der Waals surface area (Å²) in [5.74, 6) is -0.688. The van der Waals surface area contributed by atoms with Crippen LogP contribution in [0.25, 0.3) is 0 Å². The third-order valence-corrected chi connectivity index (χ3v) is 2.03. The molecule has 15 heavy (non-hydrogen) atoms. The molecule has 0 aromatic heterocycles. The van der Waals surface area contributed by atoms with Crippen molar-refractivity contribution in [1.82, 2.24) is 0 Å². The van der Waals surface area contributed by atoms with Crippen LogP contribution in [0.15, 0.2) is 18.2 Å². The number of hydrogen-bond acceptors (Lipinski definition) is 4. The predicted octanol–water partition coefficient (Wildman–Crippen LogP) is 1.99. The summed E-state index contributed by atoms with van der Waals surface area (Å²) in [4.78, 5) is 11.5. The molecule has 1 unspecified atom stereocenters. The molecule has 1 aromatic rings. The summed E-state index contributed by atoms with van der Waals surface area (Å²) < 4.78 is 4.78. The Hall–Kier alpha value is -1.73. The van der Waals surface area contributed by atoms with Gasteiger partial charge in [0.05, 0.1) is 5.02 Å². The van der Waals surface area contributed by atoms with E-state index in [1.54, 1.807) is 18.2 Å². The molecule has 4 nitrogen and oxygen atoms in total. The second-order valence-corrected chi connectivity index (χ2v) is 3.29. The van der Waals surface area contributed by atoms with Gasteiger partial charge in [0.2, 0.25) is 0 Å². The summed E-state index contributed by atoms with van der Waals surface area (Å²) in [6.07, 6.45) is -0.826. The molecule has 0 bridgehead atoms. The van der Waals surface area contributed by atoms with E-state index in [1.807, 2.05) is 0 Å². The minimum Gasteiger partial charge on any atom is -0.444 e. The minimum atomic E-state index is -0.826. The molecule has 0 fully saturated rings. The van der Waals surface area contributed by atoms with Crippen molar-refractivity contribution >= 4 is 23.3 Å². The molecule has 1 rings (SSSR count). The van der Waals surface area contributed by atoms with Gasteiger partial charge in [0.1, 0.15) is 11.6 Å². The molecular formula is C10H9ClN2O2. The molecule has 0 heterocycles. The Morgan fingerprint density at radius 1 is 1.67 bits per heavy atom. The summed E-state index contributed by atoms with van der Waals surface area (Å²) in [6.45, 7) is 1.46. The second-order valence-electron chi connectivity index (χ2n) is 2.88. The van der Waals surface area contributed by atoms with Crippen LogP contribution < -0.4 is 5.73 Å². The van der Waals surface area contributed by atoms with Crippen LogP contribution in [0.4, 0.5) is 5.69 Å². The zero-order chi connectivity index (χ0) is 11.4. The lowest BCUT2D eigenvalue weighted by molar-refractivity contribution is 0.0437. The smallest absolute Gasteiger partial charge is 0.343 e. The third-order valence-electron chi connectivity index (χ3n) is 1.72. The maximum absolute atomic E-state index is 11.5. The second kappa shape index (κ2) is 4.67. The van der Waals surface area contributed by atoms with Crippen LogP contribution >= 0.6 is 11.6 Å². The van der Waals surface area contributed by atoms with Gasteiger partial charge in [-0.1, -0.05) is 17.7 Å². The Morgan fingerprint density at radius 3 is 2.87 bits per heavy atom. The lowest BCUT2D eigenvalue weighted by Gasteiger charge is -2.09. The van der Waals surface area contributed by atoms with Crippen LogP contribution in [0.2, 0.25) is 5.02 Å². The van der Waals surface area contributed by atoms with Crippen molar-refractivity contribution in [2.24, 2.45) is 0 Å². The number of nitrogen functional groups attached to an aromatic ring is 1. The summed E-state index contributed by atoms with van der Waals surface area (Å²) >= 11 is 5.79. The van der Waals surface area contributed by atoms with Gasteiger partial charge < -0.3 is 10.5 Å². The average Bonchev–Trinajstić information content (AvgIpc) is 2.17. The molecule has 0 radical (unpaired) electrons. The molecular weight excluding hydrogens is 216 g/mol. The number of rotatable bonds is 2. The van der Waals surface area contributed by atoms with Crippen LogP contribution in [0.5, 0.6) is 0 Å². The number of nitrogens with two attached hydrogens (primary N) is 1. The van der Waals surface area contributed by atoms with Crippen LogP contribution in [0.3, 0.4) is 0 Å². The van der Waals surface area contributed by atoms with Crippen molar-refractivity contribution < 1.29 is 9.53 Å². The third kappa shape index (κ3) is 2.61. The van der Waals surface area contributed by atoms with Gasteiger partial charge in [-0.3, -0.25) is 0 Å². The van der Waals surface area contributed by atoms with Crippen molar-refractivity contribution in [3.05, 3.63) is 28.8 Å². The highest BCUT2D eigenvalue weighted by Gasteiger charge is 2.17. The quantitative estimate of drug-likeness (QED) is 0.616. The van der Waals surface area contributed by atoms with E-state index in [9.17, 15) is 4.79 Å². The minimum absolute atomic E-state index is 0.0984. The Labute approximate surface area is 92.2 Å². The van der Waals surface area contributed by atoms with Crippen molar-refractivity contribution in [2.75, 3.05) is 5.73 Å². The highest BCUT2D eigenvalue weighted by Crippen LogP contribution is 2.23. The zero-order valence-corrected chi connectivity index (χ0v) is 8.78. The van der Waals surface area contributed by atoms with Crippen molar-refractivity contribution in [3.8, 4) is 6.07 Å². The molecule has 0 spiro atoms. The van der Waals surface area contributed by atoms with Crippen LogP contribution in [-0.2, 0) is 4.74 Å². The van der Waals surface area contributed by atoms with E-state index in [0.717, 1.165) is 0 Å². The first-order valence-electron chi connectivity index (χ1n) is 4.21. The van der Waals surface area contributed by atoms with Gasteiger partial charge in [0.15, 0.2) is 6.10 Å². The lowest BCUT2D eigenvalue weighted by Crippen LogP contribution is -2.15. The van der Waals surface area contributed by atoms with Gasteiger partial charge in [-0.25, -0.2) is 4.79 Å². The predicted molar refractivity (Wildman–Crippen MR) is 56.4 cm³/mol. The number of esters is 1. The molecule has 0 aliphatic rings. The number of nitrogens with zero attached hydrogens (tertiary/aromatic N) is 1. The SMILES string of the molecule is CC(C#N)OC(=O)c1c(N)cccc1Cl. The highest BCUT2D eigenvalue weighted by molar-refractivity contribution is 6.34. The van der Waals surface area contributed by atoms with Gasteiger partial charge in [0, 0.05) is 5.69 Å². The van der Waals surface area contributed by atoms with E-state index in [0.29, 0.717) is 0 Å². The fraction of sp³-hybridized carbons (Fsp3) is 0.200. The molecule has 0 saturated carbocycles. The number of carbonyl (C=O) groups is 1. The molecule has 78 valence electrons. The maximum atomic E-state index is 11.5. The van der Waals surface area contributed by atoms with Crippen LogP contribution in [-0.4, -0.2) is 12.1 Å². The van der Waals surface area contributed by atoms with E-state index >= 15 is 0 Å². The standard InChI is InChI=1S/C10H9ClN2O2/c1-6(5-12)15-10(14)9-7(11)3-2-4-8(9)13/h2-4,6H,13H2,1H3. The Kier molecular flexibility index (Phi) is 3.53. The molecule has 0 aliphatic carbocycles. The van der Waals surface area contributed by atoms with Crippen molar-refractivity contribution in [1.29, 1.82) is 5.26 Å². The number of ether oxygens (including phenoxy) is 1. The monoisotopic (exact) mass is 224 g/mol. The summed E-state index contributed by atoms with van der Waals surface area (Å²) in [5, 5.41) is 8.69. The number of carbonyl (C=O) groups excluding carboxylic acids is 1. The Balaban J connectivity index is 2.97. The van der Waals surface area contributed by atoms with Crippen LogP contribution in [0.1, 0.15) is 17.3 Å². The molecule has 5 heteroatoms. The molecule has 1 atom stereocenters. The first-order valence-corrected chi connectivity index (χ1v) is 4.58. The van der Waals surface area contributed by atoms with Crippen molar-refractivity contribution in [2.45, 2.75) is 13.0 Å². The van der Waals surface area contributed by atoms with Crippen LogP contribution in [0, 0.1) is 11.3 Å². The highest BCUT2D eigenvalue weighted by atomic mass is 35.5. The fourth-order valence-electron chi connectivity index (χ4n) is 1.00. The molecule has 0 aliphatic heterocycles. The van der Waals surface area contributed by atoms with E-state index in [2.05, 4.69) is 0 Å². The first kappa shape index (κ1) is 11.3. The van der Waals surface area contributed by atoms with Gasteiger partial charge in [-0.2, -0.15) is 5.26 Å².